The highest BCUT2D eigenvalue weighted by Crippen LogP contribution is 2.39. The minimum absolute atomic E-state index is 0.472. The first kappa shape index (κ1) is 14.5. The maximum absolute atomic E-state index is 11.4. The molecule has 2 fully saturated rings. The second kappa shape index (κ2) is 6.49. The van der Waals surface area contributed by atoms with Crippen molar-refractivity contribution in [2.45, 2.75) is 32.6 Å². The molecule has 0 aromatic carbocycles. The SMILES string of the molecule is CNCC1(CN2CCS(=O)CC2)CCC(C)CC1. The minimum Gasteiger partial charge on any atom is -0.319 e. The summed E-state index contributed by atoms with van der Waals surface area (Å²) in [6.45, 7) is 6.80. The van der Waals surface area contributed by atoms with E-state index in [-0.39, 0.29) is 0 Å². The largest absolute Gasteiger partial charge is 0.319 e. The number of rotatable bonds is 4. The van der Waals surface area contributed by atoms with E-state index < -0.39 is 10.8 Å². The molecule has 4 heteroatoms. The predicted octanol–water partition coefficient (Wildman–Crippen LogP) is 1.47. The molecule has 0 atom stereocenters. The minimum atomic E-state index is -0.548. The van der Waals surface area contributed by atoms with Crippen LogP contribution in [0.15, 0.2) is 0 Å². The molecular weight excluding hydrogens is 244 g/mol. The molecule has 0 spiro atoms. The highest BCUT2D eigenvalue weighted by Gasteiger charge is 2.35. The van der Waals surface area contributed by atoms with Crippen LogP contribution in [-0.2, 0) is 10.8 Å². The molecule has 0 bridgehead atoms. The monoisotopic (exact) mass is 272 g/mol. The third-order valence-corrected chi connectivity index (χ3v) is 5.99. The zero-order valence-electron chi connectivity index (χ0n) is 11.9. The number of nitrogens with zero attached hydrogens (tertiary/aromatic N) is 1. The molecule has 18 heavy (non-hydrogen) atoms. The standard InChI is InChI=1S/C14H28N2OS/c1-13-3-5-14(6-4-13,11-15-2)12-16-7-9-18(17)10-8-16/h13,15H,3-12H2,1-2H3. The van der Waals surface area contributed by atoms with Gasteiger partial charge in [-0.15, -0.1) is 0 Å². The second-order valence-corrected chi connectivity index (χ2v) is 8.03. The summed E-state index contributed by atoms with van der Waals surface area (Å²) in [4.78, 5) is 2.55. The van der Waals surface area contributed by atoms with E-state index in [0.717, 1.165) is 37.1 Å². The fourth-order valence-electron chi connectivity index (χ4n) is 3.45. The average molecular weight is 272 g/mol. The van der Waals surface area contributed by atoms with Gasteiger partial charge in [0.2, 0.25) is 0 Å². The van der Waals surface area contributed by atoms with Gasteiger partial charge < -0.3 is 10.2 Å². The van der Waals surface area contributed by atoms with Gasteiger partial charge in [-0.25, -0.2) is 0 Å². The van der Waals surface area contributed by atoms with Gasteiger partial charge in [-0.1, -0.05) is 19.8 Å². The Labute approximate surface area is 114 Å². The quantitative estimate of drug-likeness (QED) is 0.841. The third-order valence-electron chi connectivity index (χ3n) is 4.72. The Balaban J connectivity index is 1.91. The fourth-order valence-corrected chi connectivity index (χ4v) is 4.58. The van der Waals surface area contributed by atoms with E-state index >= 15 is 0 Å². The molecule has 1 aliphatic carbocycles. The summed E-state index contributed by atoms with van der Waals surface area (Å²) in [7, 11) is 1.53. The molecule has 0 unspecified atom stereocenters. The molecule has 2 rings (SSSR count). The van der Waals surface area contributed by atoms with E-state index in [1.54, 1.807) is 0 Å². The van der Waals surface area contributed by atoms with Crippen molar-refractivity contribution in [1.29, 1.82) is 0 Å². The van der Waals surface area contributed by atoms with Crippen LogP contribution in [0.3, 0.4) is 0 Å². The first-order valence-corrected chi connectivity index (χ1v) is 8.84. The molecule has 3 nitrogen and oxygen atoms in total. The average Bonchev–Trinajstić information content (AvgIpc) is 2.37. The Hall–Kier alpha value is 0.0700. The van der Waals surface area contributed by atoms with Crippen LogP contribution in [-0.4, -0.2) is 53.8 Å². The molecule has 0 radical (unpaired) electrons. The summed E-state index contributed by atoms with van der Waals surface area (Å²) in [6, 6.07) is 0. The number of hydrogen-bond acceptors (Lipinski definition) is 3. The lowest BCUT2D eigenvalue weighted by atomic mass is 9.70. The molecule has 1 saturated heterocycles. The molecule has 1 N–H and O–H groups in total. The highest BCUT2D eigenvalue weighted by atomic mass is 32.2. The van der Waals surface area contributed by atoms with E-state index in [1.165, 1.54) is 32.2 Å². The molecule has 0 aromatic heterocycles. The molecular formula is C14H28N2OS. The van der Waals surface area contributed by atoms with Gasteiger partial charge in [0.05, 0.1) is 0 Å². The molecule has 1 heterocycles. The first-order valence-electron chi connectivity index (χ1n) is 7.35. The Kier molecular flexibility index (Phi) is 5.22. The van der Waals surface area contributed by atoms with Crippen molar-refractivity contribution in [2.75, 3.05) is 44.7 Å². The molecule has 1 saturated carbocycles. The summed E-state index contributed by atoms with van der Waals surface area (Å²) in [5.74, 6) is 2.67. The van der Waals surface area contributed by atoms with Crippen molar-refractivity contribution >= 4 is 10.8 Å². The predicted molar refractivity (Wildman–Crippen MR) is 78.3 cm³/mol. The topological polar surface area (TPSA) is 32.3 Å². The lowest BCUT2D eigenvalue weighted by Gasteiger charge is -2.43. The van der Waals surface area contributed by atoms with Crippen molar-refractivity contribution in [2.24, 2.45) is 11.3 Å². The van der Waals surface area contributed by atoms with E-state index in [0.29, 0.717) is 5.41 Å². The van der Waals surface area contributed by atoms with Gasteiger partial charge in [0.1, 0.15) is 0 Å². The van der Waals surface area contributed by atoms with Gasteiger partial charge in [-0.3, -0.25) is 4.21 Å². The maximum Gasteiger partial charge on any atom is 0.0363 e. The Morgan fingerprint density at radius 3 is 2.44 bits per heavy atom. The van der Waals surface area contributed by atoms with Crippen LogP contribution < -0.4 is 5.32 Å². The first-order chi connectivity index (χ1) is 8.63. The maximum atomic E-state index is 11.4. The van der Waals surface area contributed by atoms with Gasteiger partial charge >= 0.3 is 0 Å². The number of nitrogens with one attached hydrogen (secondary N) is 1. The Bertz CT molecular complexity index is 278. The Morgan fingerprint density at radius 2 is 1.89 bits per heavy atom. The van der Waals surface area contributed by atoms with Gasteiger partial charge in [0.15, 0.2) is 0 Å². The summed E-state index contributed by atoms with van der Waals surface area (Å²) >= 11 is 0. The molecule has 0 aromatic rings. The van der Waals surface area contributed by atoms with Crippen molar-refractivity contribution in [3.63, 3.8) is 0 Å². The van der Waals surface area contributed by atoms with Crippen molar-refractivity contribution in [3.05, 3.63) is 0 Å². The zero-order valence-corrected chi connectivity index (χ0v) is 12.7. The lowest BCUT2D eigenvalue weighted by molar-refractivity contribution is 0.0929. The van der Waals surface area contributed by atoms with Crippen molar-refractivity contribution in [3.8, 4) is 0 Å². The highest BCUT2D eigenvalue weighted by molar-refractivity contribution is 7.85. The van der Waals surface area contributed by atoms with Crippen molar-refractivity contribution < 1.29 is 4.21 Å². The van der Waals surface area contributed by atoms with Gasteiger partial charge in [-0.2, -0.15) is 0 Å². The summed E-state index contributed by atoms with van der Waals surface area (Å²) in [5, 5.41) is 3.40. The summed E-state index contributed by atoms with van der Waals surface area (Å²) in [6.07, 6.45) is 5.46. The van der Waals surface area contributed by atoms with Crippen LogP contribution >= 0.6 is 0 Å². The summed E-state index contributed by atoms with van der Waals surface area (Å²) < 4.78 is 11.4. The van der Waals surface area contributed by atoms with E-state index in [2.05, 4.69) is 24.2 Å². The van der Waals surface area contributed by atoms with Crippen molar-refractivity contribution in [1.82, 2.24) is 10.2 Å². The zero-order chi connectivity index (χ0) is 13.0. The van der Waals surface area contributed by atoms with Crippen LogP contribution in [0.1, 0.15) is 32.6 Å². The lowest BCUT2D eigenvalue weighted by Crippen LogP contribution is -2.49. The van der Waals surface area contributed by atoms with Gasteiger partial charge in [0.25, 0.3) is 0 Å². The van der Waals surface area contributed by atoms with Gasteiger partial charge in [-0.05, 0) is 31.2 Å². The van der Waals surface area contributed by atoms with Crippen LogP contribution in [0.4, 0.5) is 0 Å². The van der Waals surface area contributed by atoms with E-state index in [4.69, 9.17) is 0 Å². The van der Waals surface area contributed by atoms with Gasteiger partial charge in [0, 0.05) is 48.5 Å². The van der Waals surface area contributed by atoms with Crippen LogP contribution in [0, 0.1) is 11.3 Å². The molecule has 0 amide bonds. The fraction of sp³-hybridized carbons (Fsp3) is 1.00. The third kappa shape index (κ3) is 3.78. The summed E-state index contributed by atoms with van der Waals surface area (Å²) in [5.41, 5.74) is 0.472. The smallest absolute Gasteiger partial charge is 0.0363 e. The second-order valence-electron chi connectivity index (χ2n) is 6.34. The van der Waals surface area contributed by atoms with Crippen LogP contribution in [0.5, 0.6) is 0 Å². The van der Waals surface area contributed by atoms with E-state index in [9.17, 15) is 4.21 Å². The molecule has 2 aliphatic rings. The molecule has 1 aliphatic heterocycles. The van der Waals surface area contributed by atoms with Crippen LogP contribution in [0.25, 0.3) is 0 Å². The number of hydrogen-bond donors (Lipinski definition) is 1. The molecule has 106 valence electrons. The Morgan fingerprint density at radius 1 is 1.28 bits per heavy atom. The normalized spacial score (nSPS) is 35.8. The van der Waals surface area contributed by atoms with E-state index in [1.807, 2.05) is 0 Å². The van der Waals surface area contributed by atoms with Crippen LogP contribution in [0.2, 0.25) is 0 Å².